The van der Waals surface area contributed by atoms with Crippen molar-refractivity contribution in [2.75, 3.05) is 19.7 Å². The van der Waals surface area contributed by atoms with E-state index in [-0.39, 0.29) is 5.91 Å². The van der Waals surface area contributed by atoms with E-state index in [1.54, 1.807) is 18.3 Å². The summed E-state index contributed by atoms with van der Waals surface area (Å²) in [5.41, 5.74) is 3.87. The van der Waals surface area contributed by atoms with Crippen LogP contribution in [0.15, 0.2) is 42.1 Å². The van der Waals surface area contributed by atoms with E-state index in [2.05, 4.69) is 16.0 Å². The monoisotopic (exact) mass is 337 g/mol. The van der Waals surface area contributed by atoms with Crippen molar-refractivity contribution in [1.82, 2.24) is 14.9 Å². The normalized spacial score (nSPS) is 14.3. The molecule has 2 aromatic rings. The lowest BCUT2D eigenvalue weighted by Gasteiger charge is -2.29. The second-order valence-corrected chi connectivity index (χ2v) is 6.09. The van der Waals surface area contributed by atoms with Gasteiger partial charge < -0.3 is 9.64 Å². The number of piperidine rings is 1. The standard InChI is InChI=1S/C20H23N3O2/c1-3-25-19-18(8-5-11-21-19)20(24)23-12-9-16(10-13-23)14-17-7-4-6-15(2)22-17/h4-8,11,14H,3,9-10,12-13H2,1-2H3. The number of hydrogen-bond donors (Lipinski definition) is 0. The van der Waals surface area contributed by atoms with Crippen LogP contribution in [0.4, 0.5) is 0 Å². The Hall–Kier alpha value is -2.69. The van der Waals surface area contributed by atoms with Crippen LogP contribution in [-0.4, -0.2) is 40.5 Å². The van der Waals surface area contributed by atoms with Crippen LogP contribution in [0.5, 0.6) is 5.88 Å². The molecule has 1 aliphatic rings. The summed E-state index contributed by atoms with van der Waals surface area (Å²) in [6.07, 6.45) is 5.52. The molecule has 5 nitrogen and oxygen atoms in total. The maximum absolute atomic E-state index is 12.8. The molecule has 0 aromatic carbocycles. The van der Waals surface area contributed by atoms with Crippen LogP contribution in [-0.2, 0) is 0 Å². The number of ether oxygens (including phenoxy) is 1. The first-order valence-corrected chi connectivity index (χ1v) is 8.67. The van der Waals surface area contributed by atoms with Crippen molar-refractivity contribution in [3.05, 3.63) is 59.1 Å². The minimum absolute atomic E-state index is 0.00993. The number of carbonyl (C=O) groups is 1. The molecule has 0 saturated carbocycles. The fourth-order valence-corrected chi connectivity index (χ4v) is 2.97. The molecular weight excluding hydrogens is 314 g/mol. The van der Waals surface area contributed by atoms with Gasteiger partial charge in [-0.2, -0.15) is 0 Å². The van der Waals surface area contributed by atoms with Crippen molar-refractivity contribution in [2.45, 2.75) is 26.7 Å². The third-order valence-electron chi connectivity index (χ3n) is 4.24. The zero-order chi connectivity index (χ0) is 17.6. The highest BCUT2D eigenvalue weighted by atomic mass is 16.5. The van der Waals surface area contributed by atoms with Crippen LogP contribution in [0.1, 0.15) is 41.5 Å². The predicted molar refractivity (Wildman–Crippen MR) is 97.5 cm³/mol. The van der Waals surface area contributed by atoms with Crippen molar-refractivity contribution < 1.29 is 9.53 Å². The first-order chi connectivity index (χ1) is 12.2. The molecule has 0 atom stereocenters. The Bertz CT molecular complexity index is 776. The smallest absolute Gasteiger partial charge is 0.259 e. The van der Waals surface area contributed by atoms with Gasteiger partial charge in [0, 0.05) is 25.0 Å². The summed E-state index contributed by atoms with van der Waals surface area (Å²) in [5, 5.41) is 0. The molecule has 3 rings (SSSR count). The van der Waals surface area contributed by atoms with E-state index in [0.717, 1.165) is 24.2 Å². The van der Waals surface area contributed by atoms with E-state index in [9.17, 15) is 4.79 Å². The summed E-state index contributed by atoms with van der Waals surface area (Å²) in [4.78, 5) is 23.3. The average Bonchev–Trinajstić information content (AvgIpc) is 2.63. The molecule has 0 aliphatic carbocycles. The number of aromatic nitrogens is 2. The molecule has 2 aromatic heterocycles. The number of likely N-dealkylation sites (tertiary alicyclic amines) is 1. The maximum Gasteiger partial charge on any atom is 0.259 e. The van der Waals surface area contributed by atoms with Gasteiger partial charge in [-0.1, -0.05) is 11.6 Å². The summed E-state index contributed by atoms with van der Waals surface area (Å²) >= 11 is 0. The summed E-state index contributed by atoms with van der Waals surface area (Å²) in [5.74, 6) is 0.407. The Morgan fingerprint density at radius 3 is 2.76 bits per heavy atom. The van der Waals surface area contributed by atoms with Gasteiger partial charge >= 0.3 is 0 Å². The Balaban J connectivity index is 1.67. The van der Waals surface area contributed by atoms with Gasteiger partial charge in [0.15, 0.2) is 0 Å². The molecule has 0 radical (unpaired) electrons. The van der Waals surface area contributed by atoms with E-state index >= 15 is 0 Å². The van der Waals surface area contributed by atoms with Crippen LogP contribution in [0.3, 0.4) is 0 Å². The number of hydrogen-bond acceptors (Lipinski definition) is 4. The number of pyridine rings is 2. The molecule has 1 saturated heterocycles. The van der Waals surface area contributed by atoms with Crippen LogP contribution < -0.4 is 4.74 Å². The molecule has 1 fully saturated rings. The second kappa shape index (κ2) is 7.92. The lowest BCUT2D eigenvalue weighted by Crippen LogP contribution is -2.36. The summed E-state index contributed by atoms with van der Waals surface area (Å²) in [6, 6.07) is 9.58. The third kappa shape index (κ3) is 4.24. The molecule has 5 heteroatoms. The third-order valence-corrected chi connectivity index (χ3v) is 4.24. The molecule has 3 heterocycles. The zero-order valence-corrected chi connectivity index (χ0v) is 14.7. The van der Waals surface area contributed by atoms with E-state index in [1.807, 2.05) is 36.9 Å². The number of rotatable bonds is 4. The molecule has 25 heavy (non-hydrogen) atoms. The van der Waals surface area contributed by atoms with Gasteiger partial charge in [-0.05, 0) is 57.0 Å². The largest absolute Gasteiger partial charge is 0.477 e. The predicted octanol–water partition coefficient (Wildman–Crippen LogP) is 3.50. The Kier molecular flexibility index (Phi) is 5.43. The van der Waals surface area contributed by atoms with Crippen LogP contribution in [0, 0.1) is 6.92 Å². The summed E-state index contributed by atoms with van der Waals surface area (Å²) in [7, 11) is 0. The molecule has 0 spiro atoms. The SMILES string of the molecule is CCOc1ncccc1C(=O)N1CCC(=Cc2cccc(C)n2)CC1. The minimum Gasteiger partial charge on any atom is -0.477 e. The molecule has 1 aliphatic heterocycles. The first kappa shape index (κ1) is 17.1. The summed E-state index contributed by atoms with van der Waals surface area (Å²) < 4.78 is 5.48. The number of amides is 1. The van der Waals surface area contributed by atoms with Gasteiger partial charge in [-0.3, -0.25) is 9.78 Å². The first-order valence-electron chi connectivity index (χ1n) is 8.67. The Morgan fingerprint density at radius 1 is 1.24 bits per heavy atom. The van der Waals surface area contributed by atoms with Gasteiger partial charge in [-0.25, -0.2) is 4.98 Å². The van der Waals surface area contributed by atoms with Crippen molar-refractivity contribution in [1.29, 1.82) is 0 Å². The highest BCUT2D eigenvalue weighted by molar-refractivity contribution is 5.96. The quantitative estimate of drug-likeness (QED) is 0.857. The highest BCUT2D eigenvalue weighted by Crippen LogP contribution is 2.23. The van der Waals surface area contributed by atoms with Crippen molar-refractivity contribution in [3.63, 3.8) is 0 Å². The molecular formula is C20H23N3O2. The lowest BCUT2D eigenvalue weighted by atomic mass is 10.0. The average molecular weight is 337 g/mol. The Labute approximate surface area is 148 Å². The maximum atomic E-state index is 12.8. The fourth-order valence-electron chi connectivity index (χ4n) is 2.97. The van der Waals surface area contributed by atoms with Gasteiger partial charge in [0.25, 0.3) is 5.91 Å². The zero-order valence-electron chi connectivity index (χ0n) is 14.7. The van der Waals surface area contributed by atoms with E-state index in [4.69, 9.17) is 4.74 Å². The van der Waals surface area contributed by atoms with Gasteiger partial charge in [0.1, 0.15) is 5.56 Å². The van der Waals surface area contributed by atoms with Gasteiger partial charge in [0.2, 0.25) is 5.88 Å². The number of nitrogens with zero attached hydrogens (tertiary/aromatic N) is 3. The highest BCUT2D eigenvalue weighted by Gasteiger charge is 2.23. The molecule has 0 N–H and O–H groups in total. The Morgan fingerprint density at radius 2 is 2.04 bits per heavy atom. The van der Waals surface area contributed by atoms with Crippen molar-refractivity contribution >= 4 is 12.0 Å². The summed E-state index contributed by atoms with van der Waals surface area (Å²) in [6.45, 7) is 5.79. The van der Waals surface area contributed by atoms with Crippen LogP contribution in [0.2, 0.25) is 0 Å². The van der Waals surface area contributed by atoms with Crippen LogP contribution in [0.25, 0.3) is 6.08 Å². The molecule has 0 unspecified atom stereocenters. The van der Waals surface area contributed by atoms with Crippen molar-refractivity contribution in [3.8, 4) is 5.88 Å². The second-order valence-electron chi connectivity index (χ2n) is 6.09. The minimum atomic E-state index is -0.00993. The topological polar surface area (TPSA) is 55.3 Å². The van der Waals surface area contributed by atoms with Gasteiger partial charge in [-0.15, -0.1) is 0 Å². The van der Waals surface area contributed by atoms with Crippen LogP contribution >= 0.6 is 0 Å². The lowest BCUT2D eigenvalue weighted by molar-refractivity contribution is 0.0739. The van der Waals surface area contributed by atoms with E-state index < -0.39 is 0 Å². The van der Waals surface area contributed by atoms with Gasteiger partial charge in [0.05, 0.1) is 12.3 Å². The number of carbonyl (C=O) groups excluding carboxylic acids is 1. The molecule has 0 bridgehead atoms. The van der Waals surface area contributed by atoms with Crippen molar-refractivity contribution in [2.24, 2.45) is 0 Å². The molecule has 130 valence electrons. The van der Waals surface area contributed by atoms with E-state index in [1.165, 1.54) is 5.57 Å². The number of aryl methyl sites for hydroxylation is 1. The molecule has 1 amide bonds. The van der Waals surface area contributed by atoms with E-state index in [0.29, 0.717) is 31.1 Å². The fraction of sp³-hybridized carbons (Fsp3) is 0.350.